The van der Waals surface area contributed by atoms with Gasteiger partial charge in [0.05, 0.1) is 30.6 Å². The highest BCUT2D eigenvalue weighted by Gasteiger charge is 2.22. The molecule has 1 N–H and O–H groups in total. The minimum absolute atomic E-state index is 0.0369. The summed E-state index contributed by atoms with van der Waals surface area (Å²) in [4.78, 5) is 12.5. The zero-order chi connectivity index (χ0) is 26.3. The van der Waals surface area contributed by atoms with Gasteiger partial charge >= 0.3 is 10.1 Å². The number of hydrogen-bond acceptors (Lipinski definition) is 8. The van der Waals surface area contributed by atoms with Gasteiger partial charge in [0, 0.05) is 5.56 Å². The predicted molar refractivity (Wildman–Crippen MR) is 144 cm³/mol. The maximum absolute atomic E-state index is 12.8. The van der Waals surface area contributed by atoms with Gasteiger partial charge in [-0.15, -0.1) is 0 Å². The highest BCUT2D eigenvalue weighted by atomic mass is 127. The number of ether oxygens (including phenoxy) is 3. The lowest BCUT2D eigenvalue weighted by Crippen LogP contribution is -2.17. The van der Waals surface area contributed by atoms with E-state index in [1.807, 2.05) is 29.5 Å². The molecular formula is C25H25IN2O7S. The zero-order valence-corrected chi connectivity index (χ0v) is 23.0. The number of halogens is 1. The van der Waals surface area contributed by atoms with Crippen LogP contribution in [0.2, 0.25) is 0 Å². The number of rotatable bonds is 10. The molecule has 36 heavy (non-hydrogen) atoms. The van der Waals surface area contributed by atoms with E-state index in [9.17, 15) is 13.2 Å². The number of carbonyl (C=O) groups is 1. The van der Waals surface area contributed by atoms with Crippen LogP contribution in [0.5, 0.6) is 23.0 Å². The number of nitrogens with zero attached hydrogens (tertiary/aromatic N) is 1. The highest BCUT2D eigenvalue weighted by Crippen LogP contribution is 2.36. The first-order valence-electron chi connectivity index (χ1n) is 10.7. The average molecular weight is 624 g/mol. The summed E-state index contributed by atoms with van der Waals surface area (Å²) in [5.41, 5.74) is 4.28. The van der Waals surface area contributed by atoms with Crippen LogP contribution in [0.1, 0.15) is 28.4 Å². The molecule has 0 aliphatic heterocycles. The van der Waals surface area contributed by atoms with Gasteiger partial charge in [-0.1, -0.05) is 17.7 Å². The fraction of sp³-hybridized carbons (Fsp3) is 0.200. The van der Waals surface area contributed by atoms with Crippen molar-refractivity contribution in [2.45, 2.75) is 18.7 Å². The third kappa shape index (κ3) is 6.66. The molecule has 0 fully saturated rings. The Hall–Kier alpha value is -3.32. The molecule has 0 saturated heterocycles. The molecule has 0 heterocycles. The van der Waals surface area contributed by atoms with E-state index in [2.05, 4.69) is 10.5 Å². The molecule has 0 spiro atoms. The predicted octanol–water partition coefficient (Wildman–Crippen LogP) is 4.55. The number of carbonyl (C=O) groups excluding carboxylic acids is 1. The molecule has 0 atom stereocenters. The molecule has 0 aliphatic carbocycles. The third-order valence-corrected chi connectivity index (χ3v) is 6.90. The van der Waals surface area contributed by atoms with Crippen molar-refractivity contribution in [1.29, 1.82) is 0 Å². The SMILES string of the molecule is CCOc1cc(/C=N/NC(=O)c2ccc(OC)c(OC)c2)cc(I)c1OS(=O)(=O)c1ccc(C)cc1. The minimum atomic E-state index is -4.07. The van der Waals surface area contributed by atoms with E-state index < -0.39 is 16.0 Å². The van der Waals surface area contributed by atoms with Crippen LogP contribution in [0.15, 0.2) is 64.6 Å². The van der Waals surface area contributed by atoms with Gasteiger partial charge in [-0.05, 0) is 84.5 Å². The van der Waals surface area contributed by atoms with Gasteiger partial charge in [-0.3, -0.25) is 4.79 Å². The van der Waals surface area contributed by atoms with Crippen molar-refractivity contribution < 1.29 is 31.6 Å². The van der Waals surface area contributed by atoms with Gasteiger partial charge in [0.25, 0.3) is 5.91 Å². The molecule has 3 aromatic rings. The summed E-state index contributed by atoms with van der Waals surface area (Å²) >= 11 is 1.96. The Kier molecular flexibility index (Phi) is 9.15. The fourth-order valence-electron chi connectivity index (χ4n) is 3.08. The lowest BCUT2D eigenvalue weighted by Gasteiger charge is -2.14. The zero-order valence-electron chi connectivity index (χ0n) is 20.1. The molecule has 3 aromatic carbocycles. The monoisotopic (exact) mass is 624 g/mol. The third-order valence-electron chi connectivity index (χ3n) is 4.86. The van der Waals surface area contributed by atoms with E-state index in [1.54, 1.807) is 49.4 Å². The standard InChI is InChI=1S/C25H25IN2O7S/c1-5-34-23-13-17(15-27-28-25(29)18-8-11-21(32-3)22(14-18)33-4)12-20(26)24(23)35-36(30,31)19-9-6-16(2)7-10-19/h6-15H,5H2,1-4H3,(H,28,29)/b27-15+. The van der Waals surface area contributed by atoms with E-state index in [0.29, 0.717) is 26.2 Å². The maximum Gasteiger partial charge on any atom is 0.339 e. The maximum atomic E-state index is 12.8. The lowest BCUT2D eigenvalue weighted by molar-refractivity contribution is 0.0954. The molecule has 0 aliphatic rings. The molecular weight excluding hydrogens is 599 g/mol. The quantitative estimate of drug-likeness (QED) is 0.153. The van der Waals surface area contributed by atoms with E-state index in [0.717, 1.165) is 5.56 Å². The van der Waals surface area contributed by atoms with Gasteiger partial charge in [0.2, 0.25) is 0 Å². The van der Waals surface area contributed by atoms with Crippen molar-refractivity contribution in [3.8, 4) is 23.0 Å². The second kappa shape index (κ2) is 12.1. The Morgan fingerprint density at radius 3 is 2.33 bits per heavy atom. The Bertz CT molecular complexity index is 1370. The van der Waals surface area contributed by atoms with Crippen LogP contribution in [-0.4, -0.2) is 41.4 Å². The first-order chi connectivity index (χ1) is 17.2. The first-order valence-corrected chi connectivity index (χ1v) is 13.2. The van der Waals surface area contributed by atoms with Gasteiger partial charge < -0.3 is 18.4 Å². The van der Waals surface area contributed by atoms with E-state index >= 15 is 0 Å². The van der Waals surface area contributed by atoms with Crippen LogP contribution in [-0.2, 0) is 10.1 Å². The number of benzene rings is 3. The summed E-state index contributed by atoms with van der Waals surface area (Å²) < 4.78 is 47.6. The number of aryl methyl sites for hydroxylation is 1. The molecule has 0 radical (unpaired) electrons. The van der Waals surface area contributed by atoms with Crippen molar-refractivity contribution in [1.82, 2.24) is 5.43 Å². The lowest BCUT2D eigenvalue weighted by atomic mass is 10.2. The summed E-state index contributed by atoms with van der Waals surface area (Å²) in [7, 11) is -1.08. The number of amides is 1. The molecule has 11 heteroatoms. The van der Waals surface area contributed by atoms with Crippen molar-refractivity contribution in [2.75, 3.05) is 20.8 Å². The van der Waals surface area contributed by atoms with Gasteiger partial charge in [0.15, 0.2) is 23.0 Å². The second-order valence-corrected chi connectivity index (χ2v) is 10.1. The van der Waals surface area contributed by atoms with Gasteiger partial charge in [0.1, 0.15) is 4.90 Å². The van der Waals surface area contributed by atoms with Crippen LogP contribution in [0.25, 0.3) is 0 Å². The highest BCUT2D eigenvalue weighted by molar-refractivity contribution is 14.1. The summed E-state index contributed by atoms with van der Waals surface area (Å²) in [6.45, 7) is 3.92. The van der Waals surface area contributed by atoms with Crippen LogP contribution in [0.4, 0.5) is 0 Å². The molecule has 0 bridgehead atoms. The van der Waals surface area contributed by atoms with Crippen molar-refractivity contribution in [3.63, 3.8) is 0 Å². The second-order valence-electron chi connectivity index (χ2n) is 7.38. The number of nitrogens with one attached hydrogen (secondary N) is 1. The normalized spacial score (nSPS) is 11.2. The summed E-state index contributed by atoms with van der Waals surface area (Å²) in [6.07, 6.45) is 1.42. The summed E-state index contributed by atoms with van der Waals surface area (Å²) in [5.74, 6) is 0.775. The van der Waals surface area contributed by atoms with Crippen LogP contribution < -0.4 is 23.8 Å². The summed E-state index contributed by atoms with van der Waals surface area (Å²) in [6, 6.07) is 14.4. The Labute approximate surface area is 223 Å². The van der Waals surface area contributed by atoms with Crippen molar-refractivity contribution in [3.05, 3.63) is 74.9 Å². The topological polar surface area (TPSA) is 113 Å². The minimum Gasteiger partial charge on any atom is -0.493 e. The van der Waals surface area contributed by atoms with E-state index in [-0.39, 0.29) is 23.0 Å². The van der Waals surface area contributed by atoms with Crippen molar-refractivity contribution in [2.24, 2.45) is 5.10 Å². The smallest absolute Gasteiger partial charge is 0.339 e. The molecule has 190 valence electrons. The van der Waals surface area contributed by atoms with Crippen LogP contribution in [0, 0.1) is 10.5 Å². The number of hydrazone groups is 1. The molecule has 1 amide bonds. The molecule has 3 rings (SSSR count). The van der Waals surface area contributed by atoms with E-state index in [4.69, 9.17) is 18.4 Å². The van der Waals surface area contributed by atoms with Gasteiger partial charge in [-0.25, -0.2) is 5.43 Å². The largest absolute Gasteiger partial charge is 0.493 e. The average Bonchev–Trinajstić information content (AvgIpc) is 2.86. The molecule has 9 nitrogen and oxygen atoms in total. The van der Waals surface area contributed by atoms with Crippen molar-refractivity contribution >= 4 is 44.8 Å². The Balaban J connectivity index is 1.80. The fourth-order valence-corrected chi connectivity index (χ4v) is 4.92. The molecule has 0 aromatic heterocycles. The first kappa shape index (κ1) is 27.3. The molecule has 0 unspecified atom stereocenters. The Morgan fingerprint density at radius 2 is 1.69 bits per heavy atom. The van der Waals surface area contributed by atoms with Crippen LogP contribution >= 0.6 is 22.6 Å². The number of hydrogen-bond donors (Lipinski definition) is 1. The van der Waals surface area contributed by atoms with Gasteiger partial charge in [-0.2, -0.15) is 13.5 Å². The number of methoxy groups -OCH3 is 2. The van der Waals surface area contributed by atoms with E-state index in [1.165, 1.54) is 32.6 Å². The molecule has 0 saturated carbocycles. The van der Waals surface area contributed by atoms with Crippen LogP contribution in [0.3, 0.4) is 0 Å². The Morgan fingerprint density at radius 1 is 1.00 bits per heavy atom. The summed E-state index contributed by atoms with van der Waals surface area (Å²) in [5, 5.41) is 4.00.